The number of hydrogen-bond acceptors (Lipinski definition) is 4. The highest BCUT2D eigenvalue weighted by Crippen LogP contribution is 2.16. The lowest BCUT2D eigenvalue weighted by Gasteiger charge is -2.13. The second kappa shape index (κ2) is 9.45. The summed E-state index contributed by atoms with van der Waals surface area (Å²) in [6.07, 6.45) is 3.16. The van der Waals surface area contributed by atoms with Gasteiger partial charge in [-0.3, -0.25) is 14.3 Å². The van der Waals surface area contributed by atoms with Crippen LogP contribution >= 0.6 is 15.9 Å². The van der Waals surface area contributed by atoms with Crippen molar-refractivity contribution in [1.29, 1.82) is 0 Å². The van der Waals surface area contributed by atoms with Crippen molar-refractivity contribution < 1.29 is 9.59 Å². The molecule has 2 rings (SSSR count). The highest BCUT2D eigenvalue weighted by molar-refractivity contribution is 9.10. The lowest BCUT2D eigenvalue weighted by molar-refractivity contribution is -0.120. The van der Waals surface area contributed by atoms with Gasteiger partial charge in [0.05, 0.1) is 16.4 Å². The second-order valence-corrected chi connectivity index (χ2v) is 7.04. The minimum Gasteiger partial charge on any atom is -0.326 e. The van der Waals surface area contributed by atoms with Gasteiger partial charge < -0.3 is 5.32 Å². The van der Waals surface area contributed by atoms with E-state index in [4.69, 9.17) is 0 Å². The van der Waals surface area contributed by atoms with Crippen LogP contribution in [0.15, 0.2) is 40.0 Å². The topological polar surface area (TPSA) is 88.4 Å². The van der Waals surface area contributed by atoms with E-state index in [0.29, 0.717) is 21.6 Å². The van der Waals surface area contributed by atoms with Crippen molar-refractivity contribution in [3.05, 3.63) is 46.2 Å². The predicted molar refractivity (Wildman–Crippen MR) is 110 cm³/mol. The van der Waals surface area contributed by atoms with Crippen molar-refractivity contribution in [1.82, 2.24) is 15.2 Å². The molecule has 27 heavy (non-hydrogen) atoms. The quantitative estimate of drug-likeness (QED) is 0.515. The molecule has 0 aliphatic rings. The number of hydrogen-bond donors (Lipinski definition) is 2. The average Bonchev–Trinajstić information content (AvgIpc) is 2.99. The minimum atomic E-state index is -0.362. The van der Waals surface area contributed by atoms with Crippen LogP contribution in [0.4, 0.5) is 5.69 Å². The normalized spacial score (nSPS) is 11.6. The van der Waals surface area contributed by atoms with Crippen LogP contribution in [-0.4, -0.2) is 27.3 Å². The first-order valence-corrected chi connectivity index (χ1v) is 9.60. The van der Waals surface area contributed by atoms with E-state index in [1.54, 1.807) is 20.2 Å². The van der Waals surface area contributed by atoms with E-state index in [1.165, 1.54) is 4.68 Å². The first kappa shape index (κ1) is 20.8. The van der Waals surface area contributed by atoms with Gasteiger partial charge in [0.2, 0.25) is 5.91 Å². The van der Waals surface area contributed by atoms with Gasteiger partial charge in [0.15, 0.2) is 0 Å². The molecule has 0 bridgehead atoms. The Morgan fingerprint density at radius 2 is 2.00 bits per heavy atom. The van der Waals surface area contributed by atoms with Crippen molar-refractivity contribution in [2.75, 3.05) is 5.32 Å². The first-order valence-electron chi connectivity index (χ1n) is 8.80. The molecule has 8 heteroatoms. The predicted octanol–water partition coefficient (Wildman–Crippen LogP) is 3.71. The van der Waals surface area contributed by atoms with Crippen LogP contribution in [0, 0.1) is 5.92 Å². The molecule has 1 aromatic carbocycles. The largest absolute Gasteiger partial charge is 0.326 e. The Bertz CT molecular complexity index is 836. The summed E-state index contributed by atoms with van der Waals surface area (Å²) in [6.45, 7) is 5.80. The monoisotopic (exact) mass is 433 g/mol. The number of carbonyl (C=O) groups excluding carboxylic acids is 2. The highest BCUT2D eigenvalue weighted by atomic mass is 79.9. The van der Waals surface area contributed by atoms with Crippen LogP contribution in [0.5, 0.6) is 0 Å². The Morgan fingerprint density at radius 3 is 2.59 bits per heavy atom. The molecule has 1 aromatic heterocycles. The molecule has 0 unspecified atom stereocenters. The maximum Gasteiger partial charge on any atom is 0.290 e. The molecule has 0 saturated heterocycles. The Hall–Kier alpha value is -2.48. The van der Waals surface area contributed by atoms with Crippen LogP contribution in [0.3, 0.4) is 0 Å². The molecule has 0 aliphatic carbocycles. The van der Waals surface area contributed by atoms with Gasteiger partial charge in [-0.15, -0.1) is 0 Å². The van der Waals surface area contributed by atoms with Crippen LogP contribution in [-0.2, 0) is 11.8 Å². The minimum absolute atomic E-state index is 0.0000463. The molecule has 2 amide bonds. The van der Waals surface area contributed by atoms with E-state index in [2.05, 4.69) is 36.9 Å². The number of aromatic nitrogens is 2. The van der Waals surface area contributed by atoms with Gasteiger partial charge in [-0.2, -0.15) is 10.2 Å². The van der Waals surface area contributed by atoms with Crippen molar-refractivity contribution in [2.24, 2.45) is 18.1 Å². The van der Waals surface area contributed by atoms with Crippen LogP contribution in [0.25, 0.3) is 0 Å². The van der Waals surface area contributed by atoms with E-state index in [0.717, 1.165) is 18.4 Å². The van der Waals surface area contributed by atoms with E-state index >= 15 is 0 Å². The summed E-state index contributed by atoms with van der Waals surface area (Å²) in [5, 5.41) is 11.1. The third-order valence-corrected chi connectivity index (χ3v) is 4.92. The number of anilines is 1. The molecular weight excluding hydrogens is 410 g/mol. The number of aryl methyl sites for hydroxylation is 1. The highest BCUT2D eigenvalue weighted by Gasteiger charge is 2.16. The zero-order valence-corrected chi connectivity index (χ0v) is 17.5. The Kier molecular flexibility index (Phi) is 7.29. The summed E-state index contributed by atoms with van der Waals surface area (Å²) >= 11 is 3.29. The summed E-state index contributed by atoms with van der Waals surface area (Å²) in [4.78, 5) is 24.5. The van der Waals surface area contributed by atoms with Crippen molar-refractivity contribution >= 4 is 39.1 Å². The number of amides is 2. The molecule has 2 aromatic rings. The first-order chi connectivity index (χ1) is 12.9. The van der Waals surface area contributed by atoms with Gasteiger partial charge in [-0.25, -0.2) is 5.43 Å². The van der Waals surface area contributed by atoms with Crippen LogP contribution in [0.2, 0.25) is 0 Å². The molecule has 1 heterocycles. The number of nitrogens with zero attached hydrogens (tertiary/aromatic N) is 3. The van der Waals surface area contributed by atoms with Gasteiger partial charge in [0.1, 0.15) is 5.69 Å². The van der Waals surface area contributed by atoms with E-state index in [-0.39, 0.29) is 17.7 Å². The fourth-order valence-corrected chi connectivity index (χ4v) is 3.17. The molecule has 0 fully saturated rings. The smallest absolute Gasteiger partial charge is 0.290 e. The number of halogens is 1. The molecular formula is C19H24BrN5O2. The maximum atomic E-state index is 12.3. The molecule has 0 atom stereocenters. The molecule has 0 aliphatic heterocycles. The summed E-state index contributed by atoms with van der Waals surface area (Å²) in [7, 11) is 1.68. The van der Waals surface area contributed by atoms with Gasteiger partial charge in [-0.05, 0) is 53.4 Å². The average molecular weight is 434 g/mol. The molecule has 0 radical (unpaired) electrons. The van der Waals surface area contributed by atoms with Gasteiger partial charge in [0.25, 0.3) is 5.91 Å². The fourth-order valence-electron chi connectivity index (χ4n) is 2.64. The third-order valence-electron chi connectivity index (χ3n) is 4.34. The zero-order chi connectivity index (χ0) is 20.0. The Morgan fingerprint density at radius 1 is 1.30 bits per heavy atom. The maximum absolute atomic E-state index is 12.3. The number of carbonyl (C=O) groups is 2. The molecule has 144 valence electrons. The number of hydrazone groups is 1. The zero-order valence-electron chi connectivity index (χ0n) is 15.9. The number of rotatable bonds is 7. The molecule has 7 nitrogen and oxygen atoms in total. The summed E-state index contributed by atoms with van der Waals surface area (Å²) in [5.41, 5.74) is 5.06. The number of benzene rings is 1. The van der Waals surface area contributed by atoms with Crippen LogP contribution in [0.1, 0.15) is 49.7 Å². The second-order valence-electron chi connectivity index (χ2n) is 6.19. The van der Waals surface area contributed by atoms with E-state index in [9.17, 15) is 9.59 Å². The summed E-state index contributed by atoms with van der Waals surface area (Å²) in [6, 6.07) is 7.39. The van der Waals surface area contributed by atoms with Crippen molar-refractivity contribution in [3.63, 3.8) is 0 Å². The Balaban J connectivity index is 2.10. The SMILES string of the molecule is CCC(CC)C(=O)Nc1cccc(C(C)=NNC(=O)c2c(Br)cnn2C)c1. The Labute approximate surface area is 167 Å². The van der Waals surface area contributed by atoms with Crippen molar-refractivity contribution in [2.45, 2.75) is 33.6 Å². The summed E-state index contributed by atoms with van der Waals surface area (Å²) < 4.78 is 2.07. The molecule has 0 spiro atoms. The van der Waals surface area contributed by atoms with Crippen molar-refractivity contribution in [3.8, 4) is 0 Å². The van der Waals surface area contributed by atoms with E-state index in [1.807, 2.05) is 38.1 Å². The lowest BCUT2D eigenvalue weighted by Crippen LogP contribution is -2.23. The van der Waals surface area contributed by atoms with E-state index < -0.39 is 0 Å². The third kappa shape index (κ3) is 5.26. The van der Waals surface area contributed by atoms with Gasteiger partial charge >= 0.3 is 0 Å². The standard InChI is InChI=1S/C19H24BrN5O2/c1-5-13(6-2)18(26)22-15-9-7-8-14(10-15)12(3)23-24-19(27)17-16(20)11-21-25(17)4/h7-11,13H,5-6H2,1-4H3,(H,22,26)(H,24,27). The number of nitrogens with one attached hydrogen (secondary N) is 2. The lowest BCUT2D eigenvalue weighted by atomic mass is 10.0. The molecule has 0 saturated carbocycles. The van der Waals surface area contributed by atoms with Gasteiger partial charge in [0, 0.05) is 18.7 Å². The van der Waals surface area contributed by atoms with Gasteiger partial charge in [-0.1, -0.05) is 26.0 Å². The molecule has 2 N–H and O–H groups in total. The summed E-state index contributed by atoms with van der Waals surface area (Å²) in [5.74, 6) is -0.347. The fraction of sp³-hybridized carbons (Fsp3) is 0.368. The van der Waals surface area contributed by atoms with Crippen LogP contribution < -0.4 is 10.7 Å².